The van der Waals surface area contributed by atoms with Crippen LogP contribution in [0.2, 0.25) is 0 Å². The van der Waals surface area contributed by atoms with Gasteiger partial charge in [-0.05, 0) is 12.5 Å². The Balaban J connectivity index is 1.80. The Morgan fingerprint density at radius 3 is 2.90 bits per heavy atom. The largest absolute Gasteiger partial charge is 0.482 e. The van der Waals surface area contributed by atoms with Gasteiger partial charge in [-0.1, -0.05) is 23.8 Å². The van der Waals surface area contributed by atoms with Gasteiger partial charge in [-0.25, -0.2) is 4.98 Å². The fourth-order valence-electron chi connectivity index (χ4n) is 2.65. The maximum atomic E-state index is 12.6. The van der Waals surface area contributed by atoms with Crippen LogP contribution in [0.3, 0.4) is 0 Å². The molecule has 0 atom stereocenters. The maximum Gasteiger partial charge on any atom is 0.205 e. The molecule has 0 bridgehead atoms. The van der Waals surface area contributed by atoms with E-state index in [-0.39, 0.29) is 18.2 Å². The number of carbonyl (C=O) groups excluding carboxylic acids is 2. The van der Waals surface area contributed by atoms with E-state index in [0.717, 1.165) is 22.4 Å². The first-order chi connectivity index (χ1) is 10.1. The standard InChI is InChI=1S/C16H11NO3S/c1-8-2-3-11-9(4-8)5-12-15(14(11)19)21-16(17-12)13-6-10(18)7-20-13/h2-4,6H,5,7H2,1H3. The number of aryl methyl sites for hydroxylation is 1. The first-order valence-electron chi connectivity index (χ1n) is 6.63. The summed E-state index contributed by atoms with van der Waals surface area (Å²) in [7, 11) is 0. The lowest BCUT2D eigenvalue weighted by Gasteiger charge is -2.14. The first-order valence-corrected chi connectivity index (χ1v) is 7.45. The summed E-state index contributed by atoms with van der Waals surface area (Å²) in [6, 6.07) is 5.86. The Labute approximate surface area is 125 Å². The molecule has 1 aromatic carbocycles. The molecule has 1 aliphatic carbocycles. The molecule has 4 nitrogen and oxygen atoms in total. The third kappa shape index (κ3) is 1.93. The van der Waals surface area contributed by atoms with E-state index in [1.54, 1.807) is 0 Å². The van der Waals surface area contributed by atoms with Crippen molar-refractivity contribution < 1.29 is 14.3 Å². The summed E-state index contributed by atoms with van der Waals surface area (Å²) < 4.78 is 5.31. The van der Waals surface area contributed by atoms with E-state index in [0.29, 0.717) is 22.1 Å². The van der Waals surface area contributed by atoms with Crippen molar-refractivity contribution in [1.29, 1.82) is 0 Å². The molecule has 1 aromatic heterocycles. The number of benzene rings is 1. The predicted molar refractivity (Wildman–Crippen MR) is 78.5 cm³/mol. The highest BCUT2D eigenvalue weighted by molar-refractivity contribution is 7.15. The van der Waals surface area contributed by atoms with Crippen LogP contribution in [0.5, 0.6) is 0 Å². The lowest BCUT2D eigenvalue weighted by molar-refractivity contribution is -0.115. The third-order valence-electron chi connectivity index (χ3n) is 3.64. The number of aromatic nitrogens is 1. The van der Waals surface area contributed by atoms with Gasteiger partial charge in [-0.3, -0.25) is 9.59 Å². The van der Waals surface area contributed by atoms with Crippen molar-refractivity contribution in [1.82, 2.24) is 4.98 Å². The van der Waals surface area contributed by atoms with Gasteiger partial charge in [0.2, 0.25) is 5.78 Å². The van der Waals surface area contributed by atoms with Gasteiger partial charge in [0.15, 0.2) is 23.2 Å². The van der Waals surface area contributed by atoms with E-state index < -0.39 is 0 Å². The summed E-state index contributed by atoms with van der Waals surface area (Å²) in [5.74, 6) is 0.427. The summed E-state index contributed by atoms with van der Waals surface area (Å²) in [5.41, 5.74) is 3.68. The number of ketones is 2. The minimum atomic E-state index is -0.0663. The number of carbonyl (C=O) groups is 2. The van der Waals surface area contributed by atoms with Crippen LogP contribution in [0, 0.1) is 6.92 Å². The molecular weight excluding hydrogens is 286 g/mol. The molecule has 0 saturated heterocycles. The van der Waals surface area contributed by atoms with Crippen molar-refractivity contribution in [2.45, 2.75) is 13.3 Å². The molecule has 2 aliphatic rings. The van der Waals surface area contributed by atoms with Crippen molar-refractivity contribution in [3.63, 3.8) is 0 Å². The Bertz CT molecular complexity index is 832. The molecule has 104 valence electrons. The van der Waals surface area contributed by atoms with Crippen LogP contribution in [0.15, 0.2) is 24.3 Å². The normalized spacial score (nSPS) is 16.3. The van der Waals surface area contributed by atoms with Crippen LogP contribution < -0.4 is 0 Å². The van der Waals surface area contributed by atoms with Crippen LogP contribution >= 0.6 is 11.3 Å². The number of hydrogen-bond donors (Lipinski definition) is 0. The fourth-order valence-corrected chi connectivity index (χ4v) is 3.66. The lowest BCUT2D eigenvalue weighted by Crippen LogP contribution is -2.13. The van der Waals surface area contributed by atoms with E-state index in [2.05, 4.69) is 4.98 Å². The molecule has 2 aromatic rings. The molecule has 0 unspecified atom stereocenters. The third-order valence-corrected chi connectivity index (χ3v) is 4.75. The molecular formula is C16H11NO3S. The molecule has 5 heteroatoms. The summed E-state index contributed by atoms with van der Waals surface area (Å²) in [4.78, 5) is 29.0. The Kier molecular flexibility index (Phi) is 2.59. The van der Waals surface area contributed by atoms with E-state index in [1.165, 1.54) is 17.4 Å². The summed E-state index contributed by atoms with van der Waals surface area (Å²) in [6.07, 6.45) is 2.10. The minimum absolute atomic E-state index is 0.0138. The van der Waals surface area contributed by atoms with Gasteiger partial charge in [0, 0.05) is 18.1 Å². The second kappa shape index (κ2) is 4.36. The highest BCUT2D eigenvalue weighted by Crippen LogP contribution is 2.34. The van der Waals surface area contributed by atoms with Gasteiger partial charge in [0.05, 0.1) is 10.6 Å². The summed E-state index contributed by atoms with van der Waals surface area (Å²) in [5, 5.41) is 0.615. The summed E-state index contributed by atoms with van der Waals surface area (Å²) in [6.45, 7) is 2.07. The zero-order valence-electron chi connectivity index (χ0n) is 11.3. The molecule has 2 heterocycles. The van der Waals surface area contributed by atoms with Gasteiger partial charge in [-0.2, -0.15) is 0 Å². The molecule has 21 heavy (non-hydrogen) atoms. The molecule has 0 radical (unpaired) electrons. The topological polar surface area (TPSA) is 56.3 Å². The van der Waals surface area contributed by atoms with Crippen molar-refractivity contribution in [2.24, 2.45) is 0 Å². The molecule has 0 N–H and O–H groups in total. The average Bonchev–Trinajstić information content (AvgIpc) is 3.04. The Hall–Kier alpha value is -2.27. The maximum absolute atomic E-state index is 12.6. The molecule has 0 spiro atoms. The number of ether oxygens (including phenoxy) is 1. The van der Waals surface area contributed by atoms with Gasteiger partial charge < -0.3 is 4.74 Å². The first kappa shape index (κ1) is 12.5. The lowest BCUT2D eigenvalue weighted by atomic mass is 9.91. The van der Waals surface area contributed by atoms with Gasteiger partial charge >= 0.3 is 0 Å². The number of fused-ring (bicyclic) bond motifs is 2. The number of nitrogens with zero attached hydrogens (tertiary/aromatic N) is 1. The van der Waals surface area contributed by atoms with E-state index in [9.17, 15) is 9.59 Å². The summed E-state index contributed by atoms with van der Waals surface area (Å²) >= 11 is 1.30. The van der Waals surface area contributed by atoms with E-state index in [4.69, 9.17) is 4.74 Å². The number of hydrogen-bond acceptors (Lipinski definition) is 5. The Morgan fingerprint density at radius 1 is 1.29 bits per heavy atom. The number of rotatable bonds is 1. The second-order valence-electron chi connectivity index (χ2n) is 5.22. The molecule has 0 amide bonds. The fraction of sp³-hybridized carbons (Fsp3) is 0.188. The quantitative estimate of drug-likeness (QED) is 0.692. The molecule has 4 rings (SSSR count). The van der Waals surface area contributed by atoms with Crippen LogP contribution in [0.25, 0.3) is 5.76 Å². The van der Waals surface area contributed by atoms with Crippen LogP contribution in [0.1, 0.15) is 37.1 Å². The van der Waals surface area contributed by atoms with E-state index >= 15 is 0 Å². The van der Waals surface area contributed by atoms with Gasteiger partial charge in [0.25, 0.3) is 0 Å². The van der Waals surface area contributed by atoms with Crippen molar-refractivity contribution in [2.75, 3.05) is 6.61 Å². The van der Waals surface area contributed by atoms with Crippen molar-refractivity contribution in [3.8, 4) is 0 Å². The van der Waals surface area contributed by atoms with Crippen molar-refractivity contribution >= 4 is 28.7 Å². The smallest absolute Gasteiger partial charge is 0.205 e. The highest BCUT2D eigenvalue weighted by atomic mass is 32.1. The molecule has 0 saturated carbocycles. The van der Waals surface area contributed by atoms with Gasteiger partial charge in [0.1, 0.15) is 0 Å². The van der Waals surface area contributed by atoms with Crippen LogP contribution in [0.4, 0.5) is 0 Å². The highest BCUT2D eigenvalue weighted by Gasteiger charge is 2.29. The van der Waals surface area contributed by atoms with E-state index in [1.807, 2.05) is 25.1 Å². The van der Waals surface area contributed by atoms with Gasteiger partial charge in [-0.15, -0.1) is 11.3 Å². The van der Waals surface area contributed by atoms with Crippen LogP contribution in [-0.4, -0.2) is 23.2 Å². The minimum Gasteiger partial charge on any atom is -0.482 e. The molecule has 1 aliphatic heterocycles. The zero-order valence-corrected chi connectivity index (χ0v) is 12.1. The average molecular weight is 297 g/mol. The predicted octanol–water partition coefficient (Wildman–Crippen LogP) is 2.53. The Morgan fingerprint density at radius 2 is 2.14 bits per heavy atom. The SMILES string of the molecule is Cc1ccc2c(c1)Cc1nc(C3=CC(=O)CO3)sc1C2=O. The monoisotopic (exact) mass is 297 g/mol. The zero-order chi connectivity index (χ0) is 14.6. The van der Waals surface area contributed by atoms with Crippen molar-refractivity contribution in [3.05, 3.63) is 56.5 Å². The van der Waals surface area contributed by atoms with Crippen LogP contribution in [-0.2, 0) is 16.0 Å². The molecule has 0 fully saturated rings. The second-order valence-corrected chi connectivity index (χ2v) is 6.22. The number of thiazole rings is 1.